The summed E-state index contributed by atoms with van der Waals surface area (Å²) in [6, 6.07) is 0. The molecule has 4 saturated carbocycles. The van der Waals surface area contributed by atoms with E-state index < -0.39 is 0 Å². The van der Waals surface area contributed by atoms with Crippen LogP contribution in [0.2, 0.25) is 0 Å². The fourth-order valence-electron chi connectivity index (χ4n) is 9.12. The number of hydrogen-bond donors (Lipinski definition) is 0. The van der Waals surface area contributed by atoms with Crippen molar-refractivity contribution in [3.63, 3.8) is 0 Å². The molecule has 0 aromatic heterocycles. The molecule has 160 valence electrons. The minimum absolute atomic E-state index is 0.277. The second kappa shape index (κ2) is 8.07. The maximum Gasteiger partial charge on any atom is 0.110 e. The van der Waals surface area contributed by atoms with Gasteiger partial charge in [-0.05, 0) is 123 Å². The highest BCUT2D eigenvalue weighted by Crippen LogP contribution is 2.68. The molecule has 8 atom stereocenters. The molecular formula is C27H45F. The molecule has 0 nitrogen and oxygen atoms in total. The smallest absolute Gasteiger partial charge is 0.110 e. The average Bonchev–Trinajstić information content (AvgIpc) is 3.04. The summed E-state index contributed by atoms with van der Waals surface area (Å²) in [5.74, 6) is 5.75. The van der Waals surface area contributed by atoms with Crippen LogP contribution in [-0.4, -0.2) is 6.67 Å². The summed E-state index contributed by atoms with van der Waals surface area (Å²) in [6.07, 6.45) is 19.5. The van der Waals surface area contributed by atoms with Crippen LogP contribution in [0.4, 0.5) is 4.39 Å². The van der Waals surface area contributed by atoms with Crippen LogP contribution in [0.1, 0.15) is 105 Å². The van der Waals surface area contributed by atoms with Gasteiger partial charge in [0.15, 0.2) is 0 Å². The lowest BCUT2D eigenvalue weighted by atomic mass is 9.44. The Hall–Kier alpha value is -0.330. The number of hydrogen-bond acceptors (Lipinski definition) is 0. The maximum absolute atomic E-state index is 12.7. The Morgan fingerprint density at radius 1 is 0.964 bits per heavy atom. The fourth-order valence-corrected chi connectivity index (χ4v) is 9.12. The van der Waals surface area contributed by atoms with Crippen LogP contribution in [0.25, 0.3) is 0 Å². The van der Waals surface area contributed by atoms with Gasteiger partial charge in [-0.25, -0.2) is 4.39 Å². The first-order valence-corrected chi connectivity index (χ1v) is 12.6. The highest BCUT2D eigenvalue weighted by Gasteiger charge is 2.59. The van der Waals surface area contributed by atoms with Crippen molar-refractivity contribution in [3.8, 4) is 0 Å². The first kappa shape index (κ1) is 20.9. The zero-order valence-electron chi connectivity index (χ0n) is 19.1. The Morgan fingerprint density at radius 3 is 2.54 bits per heavy atom. The lowest BCUT2D eigenvalue weighted by Gasteiger charge is -2.61. The molecule has 4 fully saturated rings. The quantitative estimate of drug-likeness (QED) is 0.415. The van der Waals surface area contributed by atoms with Crippen LogP contribution in [0.5, 0.6) is 0 Å². The van der Waals surface area contributed by atoms with E-state index in [1.54, 1.807) is 0 Å². The molecular weight excluding hydrogens is 343 g/mol. The number of alkyl halides is 1. The summed E-state index contributed by atoms with van der Waals surface area (Å²) in [5.41, 5.74) is 2.17. The highest BCUT2D eigenvalue weighted by atomic mass is 19.1. The zero-order valence-corrected chi connectivity index (χ0v) is 19.1. The average molecular weight is 389 g/mol. The van der Waals surface area contributed by atoms with E-state index in [1.807, 2.05) is 6.92 Å². The molecule has 0 N–H and O–H groups in total. The van der Waals surface area contributed by atoms with Gasteiger partial charge in [-0.3, -0.25) is 0 Å². The van der Waals surface area contributed by atoms with Gasteiger partial charge in [-0.1, -0.05) is 39.7 Å². The van der Waals surface area contributed by atoms with E-state index in [1.165, 1.54) is 70.6 Å². The molecule has 1 heteroatoms. The SMILES string of the molecule is C/C(=C\CCC(C)C1CCC2C3CCC4CCCCC4(C)C3CCC12C)CF. The third kappa shape index (κ3) is 3.41. The summed E-state index contributed by atoms with van der Waals surface area (Å²) in [4.78, 5) is 0. The topological polar surface area (TPSA) is 0 Å². The summed E-state index contributed by atoms with van der Waals surface area (Å²) in [6.45, 7) is 9.54. The molecule has 0 aromatic rings. The Kier molecular flexibility index (Phi) is 6.03. The van der Waals surface area contributed by atoms with Crippen molar-refractivity contribution in [3.05, 3.63) is 11.6 Å². The third-order valence-electron chi connectivity index (χ3n) is 10.7. The summed E-state index contributed by atoms with van der Waals surface area (Å²) in [5, 5.41) is 0. The van der Waals surface area contributed by atoms with E-state index >= 15 is 0 Å². The molecule has 4 rings (SSSR count). The monoisotopic (exact) mass is 388 g/mol. The van der Waals surface area contributed by atoms with E-state index in [0.29, 0.717) is 10.8 Å². The van der Waals surface area contributed by atoms with Gasteiger partial charge >= 0.3 is 0 Å². The van der Waals surface area contributed by atoms with Crippen molar-refractivity contribution in [2.75, 3.05) is 6.67 Å². The second-order valence-corrected chi connectivity index (χ2v) is 11.9. The van der Waals surface area contributed by atoms with Crippen LogP contribution in [-0.2, 0) is 0 Å². The van der Waals surface area contributed by atoms with Gasteiger partial charge in [-0.15, -0.1) is 0 Å². The summed E-state index contributed by atoms with van der Waals surface area (Å²) < 4.78 is 12.7. The molecule has 0 heterocycles. The van der Waals surface area contributed by atoms with Gasteiger partial charge in [0.25, 0.3) is 0 Å². The van der Waals surface area contributed by atoms with Crippen LogP contribution in [0, 0.1) is 46.3 Å². The van der Waals surface area contributed by atoms with E-state index in [4.69, 9.17) is 0 Å². The molecule has 28 heavy (non-hydrogen) atoms. The molecule has 4 aliphatic rings. The second-order valence-electron chi connectivity index (χ2n) is 11.9. The van der Waals surface area contributed by atoms with Gasteiger partial charge in [0.05, 0.1) is 0 Å². The Bertz CT molecular complexity index is 579. The minimum atomic E-state index is -0.277. The van der Waals surface area contributed by atoms with Gasteiger partial charge in [0.2, 0.25) is 0 Å². The largest absolute Gasteiger partial charge is 0.246 e. The first-order chi connectivity index (χ1) is 13.4. The number of allylic oxidation sites excluding steroid dienone is 2. The Balaban J connectivity index is 1.46. The molecule has 0 saturated heterocycles. The lowest BCUT2D eigenvalue weighted by molar-refractivity contribution is -0.114. The lowest BCUT2D eigenvalue weighted by Crippen LogP contribution is -2.53. The summed E-state index contributed by atoms with van der Waals surface area (Å²) >= 11 is 0. The highest BCUT2D eigenvalue weighted by molar-refractivity contribution is 5.09. The third-order valence-corrected chi connectivity index (χ3v) is 10.7. The molecule has 0 aromatic carbocycles. The van der Waals surface area contributed by atoms with Crippen molar-refractivity contribution in [2.24, 2.45) is 46.3 Å². The standard InChI is InChI=1S/C27H45F/c1-19(18-28)8-7-9-20(2)23-13-14-24-22-12-11-21-10-5-6-16-26(21,3)25(22)15-17-27(23,24)4/h8,20-25H,5-7,9-18H2,1-4H3/b19-8+. The first-order valence-electron chi connectivity index (χ1n) is 12.6. The molecule has 0 amide bonds. The van der Waals surface area contributed by atoms with Gasteiger partial charge < -0.3 is 0 Å². The fraction of sp³-hybridized carbons (Fsp3) is 0.926. The molecule has 8 unspecified atom stereocenters. The van der Waals surface area contributed by atoms with E-state index in [-0.39, 0.29) is 6.67 Å². The maximum atomic E-state index is 12.7. The van der Waals surface area contributed by atoms with Crippen LogP contribution < -0.4 is 0 Å². The van der Waals surface area contributed by atoms with Crippen molar-refractivity contribution >= 4 is 0 Å². The summed E-state index contributed by atoms with van der Waals surface area (Å²) in [7, 11) is 0. The number of rotatable bonds is 5. The predicted octanol–water partition coefficient (Wildman–Crippen LogP) is 8.37. The van der Waals surface area contributed by atoms with Crippen molar-refractivity contribution in [1.82, 2.24) is 0 Å². The van der Waals surface area contributed by atoms with Crippen molar-refractivity contribution in [1.29, 1.82) is 0 Å². The molecule has 0 bridgehead atoms. The van der Waals surface area contributed by atoms with Crippen molar-refractivity contribution < 1.29 is 4.39 Å². The van der Waals surface area contributed by atoms with Crippen molar-refractivity contribution in [2.45, 2.75) is 105 Å². The molecule has 0 aliphatic heterocycles. The Morgan fingerprint density at radius 2 is 1.75 bits per heavy atom. The van der Waals surface area contributed by atoms with Gasteiger partial charge in [0.1, 0.15) is 6.67 Å². The number of fused-ring (bicyclic) bond motifs is 5. The van der Waals surface area contributed by atoms with Gasteiger partial charge in [0, 0.05) is 0 Å². The van der Waals surface area contributed by atoms with E-state index in [9.17, 15) is 4.39 Å². The number of halogens is 1. The van der Waals surface area contributed by atoms with E-state index in [2.05, 4.69) is 26.8 Å². The molecule has 0 radical (unpaired) electrons. The predicted molar refractivity (Wildman–Crippen MR) is 118 cm³/mol. The van der Waals surface area contributed by atoms with Crippen LogP contribution in [0.3, 0.4) is 0 Å². The zero-order chi connectivity index (χ0) is 19.9. The molecule has 4 aliphatic carbocycles. The van der Waals surface area contributed by atoms with Crippen LogP contribution in [0.15, 0.2) is 11.6 Å². The van der Waals surface area contributed by atoms with Gasteiger partial charge in [-0.2, -0.15) is 0 Å². The normalized spacial score (nSPS) is 47.2. The minimum Gasteiger partial charge on any atom is -0.246 e. The van der Waals surface area contributed by atoms with E-state index in [0.717, 1.165) is 47.5 Å². The van der Waals surface area contributed by atoms with Crippen LogP contribution >= 0.6 is 0 Å². The Labute approximate surface area is 174 Å². The molecule has 0 spiro atoms.